The largest absolute Gasteiger partial charge is 0.457 e. The first-order valence-corrected chi connectivity index (χ1v) is 9.18. The summed E-state index contributed by atoms with van der Waals surface area (Å²) in [5.41, 5.74) is 0.494. The summed E-state index contributed by atoms with van der Waals surface area (Å²) in [5, 5.41) is 2.95. The van der Waals surface area contributed by atoms with Gasteiger partial charge in [-0.1, -0.05) is 30.3 Å². The fraction of sp³-hybridized carbons (Fsp3) is 0.190. The van der Waals surface area contributed by atoms with Gasteiger partial charge in [0.05, 0.1) is 5.56 Å². The average molecular weight is 367 g/mol. The number of carbonyl (C=O) groups excluding carboxylic acids is 1. The van der Waals surface area contributed by atoms with E-state index in [9.17, 15) is 4.79 Å². The highest BCUT2D eigenvalue weighted by Crippen LogP contribution is 2.26. The zero-order chi connectivity index (χ0) is 18.4. The number of carbonyl (C=O) groups is 1. The van der Waals surface area contributed by atoms with Crippen LogP contribution in [0, 0.1) is 6.92 Å². The highest BCUT2D eigenvalue weighted by Gasteiger charge is 2.17. The van der Waals surface area contributed by atoms with Crippen LogP contribution in [0.5, 0.6) is 11.5 Å². The van der Waals surface area contributed by atoms with E-state index in [1.165, 1.54) is 4.88 Å². The van der Waals surface area contributed by atoms with Crippen LogP contribution in [0.1, 0.15) is 26.2 Å². The first-order valence-electron chi connectivity index (χ1n) is 8.36. The Labute approximate surface area is 157 Å². The number of hydrogen-bond acceptors (Lipinski definition) is 4. The molecule has 1 atom stereocenters. The van der Waals surface area contributed by atoms with Crippen LogP contribution >= 0.6 is 11.3 Å². The molecule has 3 rings (SSSR count). The molecule has 0 spiro atoms. The number of ether oxygens (including phenoxy) is 2. The standard InChI is InChI=1S/C21H21NO3S/c1-15-12-13-20(26-15)19(24-2)14-22-21(23)17-10-6-7-11-18(17)25-16-8-4-3-5-9-16/h3-13,19H,14H2,1-2H3,(H,22,23). The Bertz CT molecular complexity index is 860. The summed E-state index contributed by atoms with van der Waals surface area (Å²) < 4.78 is 11.4. The summed E-state index contributed by atoms with van der Waals surface area (Å²) in [5.74, 6) is 1.03. The van der Waals surface area contributed by atoms with Gasteiger partial charge in [-0.05, 0) is 43.3 Å². The second-order valence-electron chi connectivity index (χ2n) is 5.79. The molecule has 0 radical (unpaired) electrons. The van der Waals surface area contributed by atoms with Crippen LogP contribution in [-0.2, 0) is 4.74 Å². The van der Waals surface area contributed by atoms with E-state index >= 15 is 0 Å². The zero-order valence-corrected chi connectivity index (χ0v) is 15.6. The third-order valence-electron chi connectivity index (χ3n) is 3.91. The molecule has 5 heteroatoms. The number of methoxy groups -OCH3 is 1. The first kappa shape index (κ1) is 18.2. The number of thiophene rings is 1. The van der Waals surface area contributed by atoms with Gasteiger partial charge < -0.3 is 14.8 Å². The maximum Gasteiger partial charge on any atom is 0.255 e. The smallest absolute Gasteiger partial charge is 0.255 e. The van der Waals surface area contributed by atoms with E-state index in [1.807, 2.05) is 48.5 Å². The number of amides is 1. The molecular weight excluding hydrogens is 346 g/mol. The second kappa shape index (κ2) is 8.65. The van der Waals surface area contributed by atoms with Gasteiger partial charge in [0.1, 0.15) is 17.6 Å². The molecule has 134 valence electrons. The van der Waals surface area contributed by atoms with Gasteiger partial charge in [0.25, 0.3) is 5.91 Å². The van der Waals surface area contributed by atoms with E-state index in [1.54, 1.807) is 30.6 Å². The number of hydrogen-bond donors (Lipinski definition) is 1. The van der Waals surface area contributed by atoms with Crippen molar-refractivity contribution in [3.8, 4) is 11.5 Å². The summed E-state index contributed by atoms with van der Waals surface area (Å²) in [6, 6.07) is 20.7. The average Bonchev–Trinajstić information content (AvgIpc) is 3.09. The van der Waals surface area contributed by atoms with Crippen LogP contribution in [0.3, 0.4) is 0 Å². The summed E-state index contributed by atoms with van der Waals surface area (Å²) >= 11 is 1.67. The summed E-state index contributed by atoms with van der Waals surface area (Å²) in [4.78, 5) is 15.0. The lowest BCUT2D eigenvalue weighted by atomic mass is 10.1. The van der Waals surface area contributed by atoms with Gasteiger partial charge in [0.15, 0.2) is 0 Å². The zero-order valence-electron chi connectivity index (χ0n) is 14.8. The SMILES string of the molecule is COC(CNC(=O)c1ccccc1Oc1ccccc1)c1ccc(C)s1. The molecule has 0 saturated heterocycles. The molecule has 1 amide bonds. The van der Waals surface area contributed by atoms with E-state index < -0.39 is 0 Å². The Morgan fingerprint density at radius 1 is 1.04 bits per heavy atom. The predicted octanol–water partition coefficient (Wildman–Crippen LogP) is 4.97. The van der Waals surface area contributed by atoms with Crippen LogP contribution < -0.4 is 10.1 Å². The van der Waals surface area contributed by atoms with Gasteiger partial charge >= 0.3 is 0 Å². The van der Waals surface area contributed by atoms with E-state index in [0.29, 0.717) is 23.6 Å². The fourth-order valence-electron chi connectivity index (χ4n) is 2.57. The fourth-order valence-corrected chi connectivity index (χ4v) is 3.52. The van der Waals surface area contributed by atoms with E-state index in [-0.39, 0.29) is 12.0 Å². The van der Waals surface area contributed by atoms with E-state index in [0.717, 1.165) is 4.88 Å². The summed E-state index contributed by atoms with van der Waals surface area (Å²) in [7, 11) is 1.65. The van der Waals surface area contributed by atoms with Crippen molar-refractivity contribution < 1.29 is 14.3 Å². The van der Waals surface area contributed by atoms with Crippen molar-refractivity contribution in [1.82, 2.24) is 5.32 Å². The lowest BCUT2D eigenvalue weighted by molar-refractivity contribution is 0.0836. The Balaban J connectivity index is 1.70. The normalized spacial score (nSPS) is 11.8. The lowest BCUT2D eigenvalue weighted by Crippen LogP contribution is -2.29. The quantitative estimate of drug-likeness (QED) is 0.642. The maximum atomic E-state index is 12.7. The van der Waals surface area contributed by atoms with Gasteiger partial charge in [0.2, 0.25) is 0 Å². The molecule has 0 saturated carbocycles. The Kier molecular flexibility index (Phi) is 6.04. The molecule has 1 heterocycles. The van der Waals surface area contributed by atoms with Crippen LogP contribution in [-0.4, -0.2) is 19.6 Å². The number of nitrogens with one attached hydrogen (secondary N) is 1. The molecule has 1 unspecified atom stereocenters. The predicted molar refractivity (Wildman–Crippen MR) is 104 cm³/mol. The summed E-state index contributed by atoms with van der Waals surface area (Å²) in [6.07, 6.45) is -0.167. The van der Waals surface area contributed by atoms with Crippen molar-refractivity contribution in [3.63, 3.8) is 0 Å². The molecular formula is C21H21NO3S. The minimum atomic E-state index is -0.188. The van der Waals surface area contributed by atoms with Gasteiger partial charge in [0, 0.05) is 23.4 Å². The maximum absolute atomic E-state index is 12.7. The molecule has 0 fully saturated rings. The van der Waals surface area contributed by atoms with Gasteiger partial charge in [-0.2, -0.15) is 0 Å². The second-order valence-corrected chi connectivity index (χ2v) is 7.11. The number of benzene rings is 2. The molecule has 3 aromatic rings. The van der Waals surface area contributed by atoms with Crippen LogP contribution in [0.25, 0.3) is 0 Å². The third kappa shape index (κ3) is 4.50. The van der Waals surface area contributed by atoms with Crippen molar-refractivity contribution in [2.45, 2.75) is 13.0 Å². The molecule has 4 nitrogen and oxygen atoms in total. The van der Waals surface area contributed by atoms with Crippen LogP contribution in [0.15, 0.2) is 66.7 Å². The molecule has 2 aromatic carbocycles. The minimum absolute atomic E-state index is 0.167. The Hall–Kier alpha value is -2.63. The third-order valence-corrected chi connectivity index (χ3v) is 5.01. The topological polar surface area (TPSA) is 47.6 Å². The van der Waals surface area contributed by atoms with Crippen molar-refractivity contribution in [1.29, 1.82) is 0 Å². The van der Waals surface area contributed by atoms with Gasteiger partial charge in [-0.15, -0.1) is 11.3 Å². The van der Waals surface area contributed by atoms with Crippen LogP contribution in [0.2, 0.25) is 0 Å². The molecule has 0 bridgehead atoms. The van der Waals surface area contributed by atoms with Crippen molar-refractivity contribution in [3.05, 3.63) is 82.0 Å². The highest BCUT2D eigenvalue weighted by molar-refractivity contribution is 7.12. The van der Waals surface area contributed by atoms with Crippen molar-refractivity contribution in [2.75, 3.05) is 13.7 Å². The molecule has 1 N–H and O–H groups in total. The number of rotatable bonds is 7. The summed E-state index contributed by atoms with van der Waals surface area (Å²) in [6.45, 7) is 2.45. The van der Waals surface area contributed by atoms with Crippen LogP contribution in [0.4, 0.5) is 0 Å². The molecule has 0 aliphatic heterocycles. The van der Waals surface area contributed by atoms with E-state index in [2.05, 4.69) is 18.3 Å². The van der Waals surface area contributed by atoms with Crippen molar-refractivity contribution in [2.24, 2.45) is 0 Å². The molecule has 1 aromatic heterocycles. The molecule has 0 aliphatic rings. The van der Waals surface area contributed by atoms with Crippen molar-refractivity contribution >= 4 is 17.2 Å². The minimum Gasteiger partial charge on any atom is -0.457 e. The lowest BCUT2D eigenvalue weighted by Gasteiger charge is -2.16. The monoisotopic (exact) mass is 367 g/mol. The first-order chi connectivity index (χ1) is 12.7. The Morgan fingerprint density at radius 2 is 1.77 bits per heavy atom. The Morgan fingerprint density at radius 3 is 2.46 bits per heavy atom. The van der Waals surface area contributed by atoms with Gasteiger partial charge in [-0.25, -0.2) is 0 Å². The molecule has 26 heavy (non-hydrogen) atoms. The number of aryl methyl sites for hydroxylation is 1. The van der Waals surface area contributed by atoms with Gasteiger partial charge in [-0.3, -0.25) is 4.79 Å². The molecule has 0 aliphatic carbocycles. The highest BCUT2D eigenvalue weighted by atomic mass is 32.1. The number of para-hydroxylation sites is 2. The van der Waals surface area contributed by atoms with E-state index in [4.69, 9.17) is 9.47 Å².